The van der Waals surface area contributed by atoms with E-state index in [1.807, 2.05) is 6.07 Å². The summed E-state index contributed by atoms with van der Waals surface area (Å²) in [6.07, 6.45) is 1.56. The van der Waals surface area contributed by atoms with Crippen molar-refractivity contribution >= 4 is 28.2 Å². The summed E-state index contributed by atoms with van der Waals surface area (Å²) >= 11 is 1.27. The van der Waals surface area contributed by atoms with Crippen molar-refractivity contribution in [1.29, 1.82) is 0 Å². The lowest BCUT2D eigenvalue weighted by atomic mass is 9.89. The second-order valence-electron chi connectivity index (χ2n) is 6.59. The molecule has 7 heteroatoms. The highest BCUT2D eigenvalue weighted by Gasteiger charge is 2.13. The van der Waals surface area contributed by atoms with E-state index in [4.69, 9.17) is 0 Å². The van der Waals surface area contributed by atoms with Gasteiger partial charge in [0.1, 0.15) is 11.3 Å². The molecule has 0 aliphatic rings. The molecule has 0 saturated heterocycles. The Morgan fingerprint density at radius 3 is 2.22 bits per heavy atom. The van der Waals surface area contributed by atoms with E-state index in [9.17, 15) is 4.79 Å². The number of pyridine rings is 1. The Morgan fingerprint density at radius 2 is 1.67 bits per heavy atom. The Bertz CT molecular complexity index is 936. The third-order valence-corrected chi connectivity index (χ3v) is 5.81. The molecule has 140 valence electrons. The van der Waals surface area contributed by atoms with E-state index < -0.39 is 0 Å². The number of anilines is 2. The third-order valence-electron chi connectivity index (χ3n) is 5.21. The largest absolute Gasteiger partial charge is 0.366 e. The summed E-state index contributed by atoms with van der Waals surface area (Å²) in [6, 6.07) is 3.56. The first-order valence-electron chi connectivity index (χ1n) is 8.71. The predicted octanol–water partition coefficient (Wildman–Crippen LogP) is 4.34. The van der Waals surface area contributed by atoms with Crippen LogP contribution in [0, 0.1) is 34.6 Å². The molecular weight excluding hydrogens is 358 g/mol. The zero-order chi connectivity index (χ0) is 19.6. The maximum atomic E-state index is 12.2. The fourth-order valence-corrected chi connectivity index (χ4v) is 3.49. The maximum Gasteiger partial charge on any atom is 0.259 e. The van der Waals surface area contributed by atoms with Crippen LogP contribution in [-0.4, -0.2) is 21.1 Å². The van der Waals surface area contributed by atoms with Gasteiger partial charge in [-0.3, -0.25) is 10.1 Å². The molecule has 0 bridgehead atoms. The Balaban J connectivity index is 1.70. The van der Waals surface area contributed by atoms with Gasteiger partial charge in [0.25, 0.3) is 5.91 Å². The van der Waals surface area contributed by atoms with Crippen LogP contribution in [0.25, 0.3) is 0 Å². The number of rotatable bonds is 5. The number of carbonyl (C=O) groups is 1. The minimum Gasteiger partial charge on any atom is -0.366 e. The summed E-state index contributed by atoms with van der Waals surface area (Å²) in [4.78, 5) is 16.5. The molecule has 6 nitrogen and oxygen atoms in total. The van der Waals surface area contributed by atoms with Gasteiger partial charge in [0.05, 0.1) is 5.56 Å². The topological polar surface area (TPSA) is 79.8 Å². The van der Waals surface area contributed by atoms with Gasteiger partial charge in [0, 0.05) is 12.7 Å². The molecule has 0 radical (unpaired) electrons. The smallest absolute Gasteiger partial charge is 0.259 e. The summed E-state index contributed by atoms with van der Waals surface area (Å²) in [6.45, 7) is 11.5. The molecule has 3 rings (SSSR count). The molecule has 0 fully saturated rings. The first-order chi connectivity index (χ1) is 12.9. The fourth-order valence-electron chi connectivity index (χ4n) is 3.05. The Hall–Kier alpha value is -2.80. The first-order valence-corrected chi connectivity index (χ1v) is 9.59. The highest BCUT2D eigenvalue weighted by atomic mass is 32.1. The van der Waals surface area contributed by atoms with Crippen molar-refractivity contribution in [2.75, 3.05) is 10.6 Å². The predicted molar refractivity (Wildman–Crippen MR) is 110 cm³/mol. The Kier molecular flexibility index (Phi) is 5.51. The minimum absolute atomic E-state index is 0.248. The van der Waals surface area contributed by atoms with Crippen LogP contribution >= 0.6 is 11.3 Å². The number of amides is 1. The lowest BCUT2D eigenvalue weighted by Crippen LogP contribution is -2.13. The van der Waals surface area contributed by atoms with Crippen molar-refractivity contribution in [1.82, 2.24) is 15.2 Å². The van der Waals surface area contributed by atoms with E-state index in [0.29, 0.717) is 17.2 Å². The third kappa shape index (κ3) is 3.98. The molecular formula is C20H23N5OS. The van der Waals surface area contributed by atoms with Crippen molar-refractivity contribution in [3.05, 3.63) is 62.8 Å². The standard InChI is InChI=1S/C20H23N5OS/c1-11-12(2)14(4)17(15(5)13(11)3)9-22-18-7-6-16(8-21-18)19(26)24-20-25-23-10-27-20/h6-8,10H,9H2,1-5H3,(H,21,22)(H,24,25,26). The van der Waals surface area contributed by atoms with Crippen LogP contribution in [0.3, 0.4) is 0 Å². The normalized spacial score (nSPS) is 10.7. The molecule has 0 unspecified atom stereocenters. The highest BCUT2D eigenvalue weighted by molar-refractivity contribution is 7.13. The Labute approximate surface area is 163 Å². The van der Waals surface area contributed by atoms with Gasteiger partial charge >= 0.3 is 0 Å². The molecule has 3 aromatic rings. The van der Waals surface area contributed by atoms with Crippen LogP contribution in [0.2, 0.25) is 0 Å². The maximum absolute atomic E-state index is 12.2. The van der Waals surface area contributed by atoms with Crippen LogP contribution in [0.15, 0.2) is 23.8 Å². The molecule has 1 aromatic carbocycles. The zero-order valence-corrected chi connectivity index (χ0v) is 17.0. The molecule has 27 heavy (non-hydrogen) atoms. The van der Waals surface area contributed by atoms with Gasteiger partial charge in [-0.05, 0) is 80.1 Å². The molecule has 2 N–H and O–H groups in total. The van der Waals surface area contributed by atoms with E-state index in [1.165, 1.54) is 44.7 Å². The van der Waals surface area contributed by atoms with Crippen molar-refractivity contribution < 1.29 is 4.79 Å². The van der Waals surface area contributed by atoms with E-state index in [0.717, 1.165) is 5.82 Å². The Morgan fingerprint density at radius 1 is 1.00 bits per heavy atom. The summed E-state index contributed by atoms with van der Waals surface area (Å²) in [5.41, 5.74) is 10.0. The van der Waals surface area contributed by atoms with E-state index in [1.54, 1.807) is 17.8 Å². The number of aromatic nitrogens is 3. The van der Waals surface area contributed by atoms with Gasteiger partial charge in [-0.2, -0.15) is 0 Å². The SMILES string of the molecule is Cc1c(C)c(C)c(CNc2ccc(C(=O)Nc3nncs3)cn2)c(C)c1C. The monoisotopic (exact) mass is 381 g/mol. The van der Waals surface area contributed by atoms with Gasteiger partial charge < -0.3 is 5.32 Å². The van der Waals surface area contributed by atoms with Crippen LogP contribution in [0.5, 0.6) is 0 Å². The second-order valence-corrected chi connectivity index (χ2v) is 7.42. The van der Waals surface area contributed by atoms with Crippen molar-refractivity contribution in [2.45, 2.75) is 41.2 Å². The van der Waals surface area contributed by atoms with Gasteiger partial charge in [0.15, 0.2) is 0 Å². The molecule has 0 saturated carbocycles. The molecule has 0 aliphatic carbocycles. The number of carbonyl (C=O) groups excluding carboxylic acids is 1. The average Bonchev–Trinajstić information content (AvgIpc) is 3.18. The minimum atomic E-state index is -0.248. The number of nitrogens with one attached hydrogen (secondary N) is 2. The fraction of sp³-hybridized carbons (Fsp3) is 0.300. The number of hydrogen-bond donors (Lipinski definition) is 2. The summed E-state index contributed by atoms with van der Waals surface area (Å²) in [7, 11) is 0. The number of benzene rings is 1. The van der Waals surface area contributed by atoms with E-state index >= 15 is 0 Å². The second kappa shape index (κ2) is 7.84. The average molecular weight is 382 g/mol. The van der Waals surface area contributed by atoms with Crippen molar-refractivity contribution in [3.8, 4) is 0 Å². The molecule has 0 aliphatic heterocycles. The van der Waals surface area contributed by atoms with Gasteiger partial charge in [-0.15, -0.1) is 10.2 Å². The molecule has 0 spiro atoms. The lowest BCUT2D eigenvalue weighted by Gasteiger charge is -2.19. The number of nitrogens with zero attached hydrogens (tertiary/aromatic N) is 3. The van der Waals surface area contributed by atoms with Crippen molar-refractivity contribution in [3.63, 3.8) is 0 Å². The summed E-state index contributed by atoms with van der Waals surface area (Å²) < 4.78 is 0. The van der Waals surface area contributed by atoms with Crippen LogP contribution in [0.1, 0.15) is 43.7 Å². The molecule has 0 atom stereocenters. The van der Waals surface area contributed by atoms with E-state index in [-0.39, 0.29) is 5.91 Å². The lowest BCUT2D eigenvalue weighted by molar-refractivity contribution is 0.102. The van der Waals surface area contributed by atoms with Crippen LogP contribution < -0.4 is 10.6 Å². The summed E-state index contributed by atoms with van der Waals surface area (Å²) in [5.74, 6) is 0.486. The molecule has 2 heterocycles. The van der Waals surface area contributed by atoms with Gasteiger partial charge in [-0.1, -0.05) is 11.3 Å². The quantitative estimate of drug-likeness (QED) is 0.687. The van der Waals surface area contributed by atoms with Crippen LogP contribution in [-0.2, 0) is 6.54 Å². The molecule has 1 amide bonds. The zero-order valence-electron chi connectivity index (χ0n) is 16.2. The van der Waals surface area contributed by atoms with Crippen LogP contribution in [0.4, 0.5) is 10.9 Å². The highest BCUT2D eigenvalue weighted by Crippen LogP contribution is 2.26. The molecule has 2 aromatic heterocycles. The van der Waals surface area contributed by atoms with Crippen molar-refractivity contribution in [2.24, 2.45) is 0 Å². The first kappa shape index (κ1) is 19.0. The van der Waals surface area contributed by atoms with E-state index in [2.05, 4.69) is 60.4 Å². The van der Waals surface area contributed by atoms with Gasteiger partial charge in [-0.25, -0.2) is 4.98 Å². The number of hydrogen-bond acceptors (Lipinski definition) is 6. The van der Waals surface area contributed by atoms with Gasteiger partial charge in [0.2, 0.25) is 5.13 Å². The summed E-state index contributed by atoms with van der Waals surface area (Å²) in [5, 5.41) is 14.0.